The molecule has 2 N–H and O–H groups in total. The Morgan fingerprint density at radius 3 is 2.30 bits per heavy atom. The van der Waals surface area contributed by atoms with E-state index in [0.29, 0.717) is 58.8 Å². The van der Waals surface area contributed by atoms with Crippen LogP contribution >= 0.6 is 0 Å². The summed E-state index contributed by atoms with van der Waals surface area (Å²) in [6, 6.07) is 0. The number of nitrogens with zero attached hydrogens (tertiary/aromatic N) is 2. The Morgan fingerprint density at radius 2 is 1.80 bits per heavy atom. The SMILES string of the molecule is NCC1(C(=O)N2CCN(CC(F)F)CC2)CCOCC1. The Morgan fingerprint density at radius 1 is 1.20 bits per heavy atom. The molecule has 2 aliphatic rings. The first-order chi connectivity index (χ1) is 9.57. The topological polar surface area (TPSA) is 58.8 Å². The van der Waals surface area contributed by atoms with Gasteiger partial charge in [0.25, 0.3) is 6.43 Å². The number of nitrogens with two attached hydrogens (primary N) is 1. The quantitative estimate of drug-likeness (QED) is 0.801. The lowest BCUT2D eigenvalue weighted by atomic mass is 9.78. The van der Waals surface area contributed by atoms with Gasteiger partial charge in [0, 0.05) is 45.9 Å². The molecular weight excluding hydrogens is 268 g/mol. The van der Waals surface area contributed by atoms with Crippen LogP contribution in [0.3, 0.4) is 0 Å². The molecule has 5 nitrogen and oxygen atoms in total. The van der Waals surface area contributed by atoms with E-state index in [-0.39, 0.29) is 12.5 Å². The zero-order chi connectivity index (χ0) is 14.6. The molecule has 2 heterocycles. The van der Waals surface area contributed by atoms with Crippen LogP contribution in [-0.4, -0.2) is 74.6 Å². The molecule has 20 heavy (non-hydrogen) atoms. The number of amides is 1. The van der Waals surface area contributed by atoms with Gasteiger partial charge in [-0.2, -0.15) is 0 Å². The van der Waals surface area contributed by atoms with Crippen molar-refractivity contribution in [3.05, 3.63) is 0 Å². The Hall–Kier alpha value is -0.790. The van der Waals surface area contributed by atoms with E-state index >= 15 is 0 Å². The largest absolute Gasteiger partial charge is 0.381 e. The molecule has 7 heteroatoms. The molecule has 0 bridgehead atoms. The molecule has 116 valence electrons. The van der Waals surface area contributed by atoms with Crippen molar-refractivity contribution >= 4 is 5.91 Å². The Balaban J connectivity index is 1.90. The van der Waals surface area contributed by atoms with Crippen LogP contribution in [0.1, 0.15) is 12.8 Å². The predicted octanol–water partition coefficient (Wildman–Crippen LogP) is 0.151. The lowest BCUT2D eigenvalue weighted by Gasteiger charge is -2.42. The van der Waals surface area contributed by atoms with Crippen molar-refractivity contribution in [3.8, 4) is 0 Å². The smallest absolute Gasteiger partial charge is 0.251 e. The monoisotopic (exact) mass is 291 g/mol. The molecule has 0 saturated carbocycles. The standard InChI is InChI=1S/C13H23F2N3O2/c14-11(15)9-17-3-5-18(6-4-17)12(19)13(10-16)1-7-20-8-2-13/h11H,1-10,16H2. The highest BCUT2D eigenvalue weighted by Crippen LogP contribution is 2.32. The first-order valence-electron chi connectivity index (χ1n) is 7.15. The Bertz CT molecular complexity index is 328. The lowest BCUT2D eigenvalue weighted by Crippen LogP contribution is -2.56. The van der Waals surface area contributed by atoms with Gasteiger partial charge in [0.15, 0.2) is 0 Å². The van der Waals surface area contributed by atoms with E-state index in [1.165, 1.54) is 0 Å². The normalized spacial score (nSPS) is 24.1. The van der Waals surface area contributed by atoms with Gasteiger partial charge in [0.05, 0.1) is 12.0 Å². The molecule has 2 rings (SSSR count). The third-order valence-corrected chi connectivity index (χ3v) is 4.35. The van der Waals surface area contributed by atoms with Crippen molar-refractivity contribution in [1.82, 2.24) is 9.80 Å². The second-order valence-corrected chi connectivity index (χ2v) is 5.58. The van der Waals surface area contributed by atoms with Crippen molar-refractivity contribution in [2.45, 2.75) is 19.3 Å². The minimum absolute atomic E-state index is 0.0694. The third kappa shape index (κ3) is 3.45. The first kappa shape index (κ1) is 15.6. The average Bonchev–Trinajstić information content (AvgIpc) is 2.47. The van der Waals surface area contributed by atoms with Gasteiger partial charge in [0.1, 0.15) is 0 Å². The molecule has 0 atom stereocenters. The van der Waals surface area contributed by atoms with E-state index in [1.54, 1.807) is 9.80 Å². The zero-order valence-electron chi connectivity index (χ0n) is 11.7. The first-order valence-corrected chi connectivity index (χ1v) is 7.15. The molecule has 0 aromatic rings. The van der Waals surface area contributed by atoms with Gasteiger partial charge in [-0.15, -0.1) is 0 Å². The van der Waals surface area contributed by atoms with E-state index in [9.17, 15) is 13.6 Å². The van der Waals surface area contributed by atoms with Gasteiger partial charge >= 0.3 is 0 Å². The van der Waals surface area contributed by atoms with Crippen molar-refractivity contribution < 1.29 is 18.3 Å². The second-order valence-electron chi connectivity index (χ2n) is 5.58. The molecular formula is C13H23F2N3O2. The highest BCUT2D eigenvalue weighted by molar-refractivity contribution is 5.83. The van der Waals surface area contributed by atoms with Crippen LogP contribution in [-0.2, 0) is 9.53 Å². The van der Waals surface area contributed by atoms with Gasteiger partial charge in [-0.3, -0.25) is 9.69 Å². The second kappa shape index (κ2) is 6.78. The number of hydrogen-bond acceptors (Lipinski definition) is 4. The summed E-state index contributed by atoms with van der Waals surface area (Å²) < 4.78 is 30.0. The highest BCUT2D eigenvalue weighted by Gasteiger charge is 2.42. The summed E-state index contributed by atoms with van der Waals surface area (Å²) in [6.45, 7) is 3.27. The third-order valence-electron chi connectivity index (χ3n) is 4.35. The number of alkyl halides is 2. The van der Waals surface area contributed by atoms with Crippen LogP contribution in [0.5, 0.6) is 0 Å². The summed E-state index contributed by atoms with van der Waals surface area (Å²) in [5, 5.41) is 0. The molecule has 2 saturated heterocycles. The van der Waals surface area contributed by atoms with Gasteiger partial charge in [-0.25, -0.2) is 8.78 Å². The van der Waals surface area contributed by atoms with Gasteiger partial charge in [-0.1, -0.05) is 0 Å². The highest BCUT2D eigenvalue weighted by atomic mass is 19.3. The maximum Gasteiger partial charge on any atom is 0.251 e. The molecule has 0 unspecified atom stereocenters. The summed E-state index contributed by atoms with van der Waals surface area (Å²) in [5.41, 5.74) is 5.32. The predicted molar refractivity (Wildman–Crippen MR) is 70.6 cm³/mol. The van der Waals surface area contributed by atoms with Crippen molar-refractivity contribution in [2.75, 3.05) is 52.5 Å². The van der Waals surface area contributed by atoms with Crippen molar-refractivity contribution in [2.24, 2.45) is 11.1 Å². The fourth-order valence-electron chi connectivity index (χ4n) is 2.93. The number of hydrogen-bond donors (Lipinski definition) is 1. The minimum Gasteiger partial charge on any atom is -0.381 e. The van der Waals surface area contributed by atoms with Crippen LogP contribution in [0.2, 0.25) is 0 Å². The van der Waals surface area contributed by atoms with E-state index in [4.69, 9.17) is 10.5 Å². The van der Waals surface area contributed by atoms with Crippen LogP contribution in [0.4, 0.5) is 8.78 Å². The summed E-state index contributed by atoms with van der Waals surface area (Å²) in [7, 11) is 0. The number of piperazine rings is 1. The number of carbonyl (C=O) groups is 1. The Kier molecular flexibility index (Phi) is 5.29. The fraction of sp³-hybridized carbons (Fsp3) is 0.923. The summed E-state index contributed by atoms with van der Waals surface area (Å²) in [6.07, 6.45) is -1.01. The number of carbonyl (C=O) groups excluding carboxylic acids is 1. The fourth-order valence-corrected chi connectivity index (χ4v) is 2.93. The van der Waals surface area contributed by atoms with Crippen LogP contribution in [0, 0.1) is 5.41 Å². The zero-order valence-corrected chi connectivity index (χ0v) is 11.7. The molecule has 0 spiro atoms. The van der Waals surface area contributed by atoms with Crippen molar-refractivity contribution in [3.63, 3.8) is 0 Å². The summed E-state index contributed by atoms with van der Waals surface area (Å²) in [4.78, 5) is 16.1. The Labute approximate surface area is 118 Å². The minimum atomic E-state index is -2.32. The lowest BCUT2D eigenvalue weighted by molar-refractivity contribution is -0.149. The summed E-state index contributed by atoms with van der Waals surface area (Å²) in [5.74, 6) is 0.0694. The molecule has 1 amide bonds. The number of rotatable bonds is 4. The molecule has 2 fully saturated rings. The van der Waals surface area contributed by atoms with E-state index in [0.717, 1.165) is 0 Å². The van der Waals surface area contributed by atoms with Crippen LogP contribution in [0.25, 0.3) is 0 Å². The van der Waals surface area contributed by atoms with E-state index in [2.05, 4.69) is 0 Å². The molecule has 0 aromatic heterocycles. The maximum atomic E-state index is 12.7. The van der Waals surface area contributed by atoms with Gasteiger partial charge < -0.3 is 15.4 Å². The molecule has 0 aromatic carbocycles. The van der Waals surface area contributed by atoms with E-state index in [1.807, 2.05) is 0 Å². The van der Waals surface area contributed by atoms with Gasteiger partial charge in [-0.05, 0) is 12.8 Å². The average molecular weight is 291 g/mol. The van der Waals surface area contributed by atoms with Crippen LogP contribution in [0.15, 0.2) is 0 Å². The molecule has 0 aliphatic carbocycles. The van der Waals surface area contributed by atoms with E-state index < -0.39 is 11.8 Å². The van der Waals surface area contributed by atoms with Crippen LogP contribution < -0.4 is 5.73 Å². The number of halogens is 2. The molecule has 2 aliphatic heterocycles. The van der Waals surface area contributed by atoms with Crippen molar-refractivity contribution in [1.29, 1.82) is 0 Å². The maximum absolute atomic E-state index is 12.7. The molecule has 0 radical (unpaired) electrons. The summed E-state index contributed by atoms with van der Waals surface area (Å²) >= 11 is 0. The number of ether oxygens (including phenoxy) is 1. The van der Waals surface area contributed by atoms with Gasteiger partial charge in [0.2, 0.25) is 5.91 Å².